The van der Waals surface area contributed by atoms with Crippen molar-refractivity contribution in [3.05, 3.63) is 48.0 Å². The minimum Gasteiger partial charge on any atom is -0.465 e. The van der Waals surface area contributed by atoms with Gasteiger partial charge in [0.2, 0.25) is 7.59 Å². The molecule has 0 fully saturated rings. The molecule has 0 atom stereocenters. The SMILES string of the molecule is CCOC(=O)CNc1ccc(-c2nc(C(Cl)(Cl)Cl)nc(C(Cl)(Cl)Cl)n2)c2ccccc12. The van der Waals surface area contributed by atoms with Gasteiger partial charge in [0.25, 0.3) is 0 Å². The molecule has 0 aliphatic carbocycles. The molecule has 1 heterocycles. The third-order valence-corrected chi connectivity index (χ3v) is 5.05. The smallest absolute Gasteiger partial charge is 0.325 e. The third kappa shape index (κ3) is 5.95. The van der Waals surface area contributed by atoms with E-state index in [-0.39, 0.29) is 30.0 Å². The highest BCUT2D eigenvalue weighted by atomic mass is 35.6. The molecule has 0 unspecified atom stereocenters. The number of benzene rings is 2. The maximum atomic E-state index is 11.7. The predicted octanol–water partition coefficient (Wildman–Crippen LogP) is 6.32. The van der Waals surface area contributed by atoms with Crippen LogP contribution >= 0.6 is 69.6 Å². The van der Waals surface area contributed by atoms with Gasteiger partial charge >= 0.3 is 5.97 Å². The number of hydrogen-bond donors (Lipinski definition) is 1. The summed E-state index contributed by atoms with van der Waals surface area (Å²) in [5, 5.41) is 4.63. The molecule has 0 amide bonds. The van der Waals surface area contributed by atoms with Gasteiger partial charge < -0.3 is 10.1 Å². The highest BCUT2D eigenvalue weighted by molar-refractivity contribution is 6.67. The largest absolute Gasteiger partial charge is 0.465 e. The molecule has 0 bridgehead atoms. The van der Waals surface area contributed by atoms with Gasteiger partial charge in [-0.3, -0.25) is 4.79 Å². The van der Waals surface area contributed by atoms with E-state index in [1.165, 1.54) is 0 Å². The van der Waals surface area contributed by atoms with Crippen LogP contribution in [0.5, 0.6) is 0 Å². The molecule has 6 nitrogen and oxygen atoms in total. The van der Waals surface area contributed by atoms with Gasteiger partial charge in [0, 0.05) is 16.6 Å². The number of nitrogens with one attached hydrogen (secondary N) is 1. The predicted molar refractivity (Wildman–Crippen MR) is 126 cm³/mol. The number of carbonyl (C=O) groups excluding carboxylic acids is 1. The Hall–Kier alpha value is -1.28. The molecule has 0 spiro atoms. The zero-order valence-corrected chi connectivity index (χ0v) is 20.3. The summed E-state index contributed by atoms with van der Waals surface area (Å²) in [7, 11) is 0. The van der Waals surface area contributed by atoms with Crippen molar-refractivity contribution in [3.8, 4) is 11.4 Å². The Morgan fingerprint density at radius 3 is 2.03 bits per heavy atom. The molecule has 0 aliphatic rings. The first-order valence-electron chi connectivity index (χ1n) is 8.82. The molecule has 1 aromatic heterocycles. The fourth-order valence-electron chi connectivity index (χ4n) is 2.78. The Morgan fingerprint density at radius 2 is 1.48 bits per heavy atom. The third-order valence-electron chi connectivity index (χ3n) is 4.04. The second kappa shape index (κ2) is 9.69. The normalized spacial score (nSPS) is 12.1. The fraction of sp³-hybridized carbons (Fsp3) is 0.263. The van der Waals surface area contributed by atoms with Gasteiger partial charge in [-0.25, -0.2) is 15.0 Å². The van der Waals surface area contributed by atoms with Crippen LogP contribution in [0.1, 0.15) is 18.6 Å². The molecular weight excluding hydrogens is 529 g/mol. The summed E-state index contributed by atoms with van der Waals surface area (Å²) < 4.78 is 1.04. The molecule has 3 rings (SSSR count). The minimum atomic E-state index is -1.96. The molecule has 3 aromatic rings. The first kappa shape index (κ1) is 24.4. The van der Waals surface area contributed by atoms with Crippen molar-refractivity contribution in [2.75, 3.05) is 18.5 Å². The van der Waals surface area contributed by atoms with E-state index in [0.29, 0.717) is 17.9 Å². The first-order chi connectivity index (χ1) is 14.5. The Morgan fingerprint density at radius 1 is 0.903 bits per heavy atom. The number of ether oxygens (including phenoxy) is 1. The van der Waals surface area contributed by atoms with Crippen LogP contribution in [-0.2, 0) is 17.1 Å². The molecule has 0 radical (unpaired) electrons. The molecule has 12 heteroatoms. The average molecular weight is 543 g/mol. The number of fused-ring (bicyclic) bond motifs is 1. The molecule has 0 saturated heterocycles. The zero-order valence-electron chi connectivity index (χ0n) is 15.8. The maximum absolute atomic E-state index is 11.7. The van der Waals surface area contributed by atoms with E-state index in [2.05, 4.69) is 20.3 Å². The zero-order chi connectivity index (χ0) is 22.8. The van der Waals surface area contributed by atoms with E-state index < -0.39 is 7.59 Å². The van der Waals surface area contributed by atoms with Gasteiger partial charge in [-0.2, -0.15) is 0 Å². The number of carbonyl (C=O) groups is 1. The molecule has 2 aromatic carbocycles. The van der Waals surface area contributed by atoms with Crippen LogP contribution in [0.2, 0.25) is 0 Å². The van der Waals surface area contributed by atoms with E-state index in [9.17, 15) is 4.79 Å². The lowest BCUT2D eigenvalue weighted by atomic mass is 10.0. The monoisotopic (exact) mass is 540 g/mol. The Balaban J connectivity index is 2.14. The molecule has 0 saturated carbocycles. The van der Waals surface area contributed by atoms with Gasteiger partial charge in [-0.1, -0.05) is 93.9 Å². The Labute approximate surface area is 208 Å². The fourth-order valence-corrected chi connectivity index (χ4v) is 3.28. The number of halogens is 6. The van der Waals surface area contributed by atoms with Crippen molar-refractivity contribution in [1.82, 2.24) is 15.0 Å². The number of rotatable bonds is 5. The van der Waals surface area contributed by atoms with Gasteiger partial charge in [0.05, 0.1) is 6.61 Å². The number of anilines is 1. The maximum Gasteiger partial charge on any atom is 0.325 e. The van der Waals surface area contributed by atoms with Crippen LogP contribution in [0.3, 0.4) is 0 Å². The van der Waals surface area contributed by atoms with Gasteiger partial charge in [0.1, 0.15) is 6.54 Å². The highest BCUT2D eigenvalue weighted by Gasteiger charge is 2.34. The summed E-state index contributed by atoms with van der Waals surface area (Å²) in [5.74, 6) is -0.576. The topological polar surface area (TPSA) is 77.0 Å². The van der Waals surface area contributed by atoms with E-state index in [4.69, 9.17) is 74.3 Å². The number of nitrogens with zero attached hydrogens (tertiary/aromatic N) is 3. The molecule has 1 N–H and O–H groups in total. The van der Waals surface area contributed by atoms with Crippen LogP contribution in [0.4, 0.5) is 5.69 Å². The highest BCUT2D eigenvalue weighted by Crippen LogP contribution is 2.41. The molecule has 31 heavy (non-hydrogen) atoms. The van der Waals surface area contributed by atoms with Crippen molar-refractivity contribution in [3.63, 3.8) is 0 Å². The van der Waals surface area contributed by atoms with Crippen molar-refractivity contribution in [2.45, 2.75) is 14.5 Å². The summed E-state index contributed by atoms with van der Waals surface area (Å²) in [6.07, 6.45) is 0. The Kier molecular flexibility index (Phi) is 7.62. The second-order valence-corrected chi connectivity index (χ2v) is 10.7. The standard InChI is InChI=1S/C19H14Cl6N4O2/c1-2-31-14(30)9-26-13-8-7-12(10-5-3-4-6-11(10)13)15-27-16(18(20,21)22)29-17(28-15)19(23,24)25/h3-8,26H,2,9H2,1H3. The lowest BCUT2D eigenvalue weighted by molar-refractivity contribution is -0.140. The summed E-state index contributed by atoms with van der Waals surface area (Å²) in [6.45, 7) is 2.06. The minimum absolute atomic E-state index is 0.0117. The van der Waals surface area contributed by atoms with Crippen molar-refractivity contribution in [1.29, 1.82) is 0 Å². The summed E-state index contributed by atoms with van der Waals surface area (Å²) in [4.78, 5) is 24.3. The summed E-state index contributed by atoms with van der Waals surface area (Å²) >= 11 is 35.9. The van der Waals surface area contributed by atoms with E-state index in [1.807, 2.05) is 24.3 Å². The number of alkyl halides is 6. The first-order valence-corrected chi connectivity index (χ1v) is 11.1. The second-order valence-electron chi connectivity index (χ2n) is 6.17. The van der Waals surface area contributed by atoms with Crippen LogP contribution in [0, 0.1) is 0 Å². The van der Waals surface area contributed by atoms with E-state index in [1.54, 1.807) is 19.1 Å². The lowest BCUT2D eigenvalue weighted by Crippen LogP contribution is -2.17. The van der Waals surface area contributed by atoms with Gasteiger partial charge in [-0.05, 0) is 24.4 Å². The van der Waals surface area contributed by atoms with E-state index in [0.717, 1.165) is 10.8 Å². The average Bonchev–Trinajstić information content (AvgIpc) is 2.70. The van der Waals surface area contributed by atoms with Crippen molar-refractivity contribution < 1.29 is 9.53 Å². The summed E-state index contributed by atoms with van der Waals surface area (Å²) in [6, 6.07) is 10.9. The summed E-state index contributed by atoms with van der Waals surface area (Å²) in [5.41, 5.74) is 1.30. The van der Waals surface area contributed by atoms with Crippen LogP contribution < -0.4 is 5.32 Å². The van der Waals surface area contributed by atoms with Crippen molar-refractivity contribution in [2.24, 2.45) is 0 Å². The van der Waals surface area contributed by atoms with Crippen LogP contribution in [-0.4, -0.2) is 34.1 Å². The van der Waals surface area contributed by atoms with Crippen LogP contribution in [0.25, 0.3) is 22.2 Å². The molecule has 164 valence electrons. The molecule has 0 aliphatic heterocycles. The van der Waals surface area contributed by atoms with Gasteiger partial charge in [-0.15, -0.1) is 0 Å². The van der Waals surface area contributed by atoms with Crippen molar-refractivity contribution >= 4 is 92.0 Å². The van der Waals surface area contributed by atoms with E-state index >= 15 is 0 Å². The van der Waals surface area contributed by atoms with Crippen LogP contribution in [0.15, 0.2) is 36.4 Å². The number of hydrogen-bond acceptors (Lipinski definition) is 6. The van der Waals surface area contributed by atoms with Gasteiger partial charge in [0.15, 0.2) is 17.5 Å². The number of esters is 1. The Bertz CT molecular complexity index is 1080. The number of aromatic nitrogens is 3. The quantitative estimate of drug-likeness (QED) is 0.300. The molecular formula is C19H14Cl6N4O2. The lowest BCUT2D eigenvalue weighted by Gasteiger charge is -2.17.